The first kappa shape index (κ1) is 14.6. The number of hydrogen-bond donors (Lipinski definition) is 1. The van der Waals surface area contributed by atoms with E-state index in [9.17, 15) is 0 Å². The number of fused-ring (bicyclic) bond motifs is 1. The van der Waals surface area contributed by atoms with Gasteiger partial charge in [-0.3, -0.25) is 4.90 Å². The third kappa shape index (κ3) is 3.64. The van der Waals surface area contributed by atoms with E-state index in [0.717, 1.165) is 60.5 Å². The molecule has 2 aromatic rings. The Hall–Kier alpha value is -1.37. The van der Waals surface area contributed by atoms with Crippen molar-refractivity contribution < 1.29 is 9.47 Å². The highest BCUT2D eigenvalue weighted by atomic mass is 32.1. The van der Waals surface area contributed by atoms with Gasteiger partial charge in [-0.05, 0) is 19.1 Å². The van der Waals surface area contributed by atoms with Crippen molar-refractivity contribution in [1.29, 1.82) is 0 Å². The number of rotatable bonds is 6. The van der Waals surface area contributed by atoms with Gasteiger partial charge >= 0.3 is 0 Å². The lowest BCUT2D eigenvalue weighted by Gasteiger charge is -2.26. The molecule has 0 spiro atoms. The summed E-state index contributed by atoms with van der Waals surface area (Å²) in [4.78, 5) is 7.07. The monoisotopic (exact) mass is 307 g/mol. The van der Waals surface area contributed by atoms with Gasteiger partial charge < -0.3 is 14.8 Å². The Labute approximate surface area is 128 Å². The van der Waals surface area contributed by atoms with Crippen LogP contribution in [0.5, 0.6) is 5.75 Å². The predicted octanol–water partition coefficient (Wildman–Crippen LogP) is 2.44. The molecule has 0 aliphatic carbocycles. The number of para-hydroxylation sites is 1. The van der Waals surface area contributed by atoms with Crippen molar-refractivity contribution in [3.05, 3.63) is 18.2 Å². The lowest BCUT2D eigenvalue weighted by molar-refractivity contribution is 0.0398. The van der Waals surface area contributed by atoms with Crippen molar-refractivity contribution in [3.8, 4) is 5.75 Å². The summed E-state index contributed by atoms with van der Waals surface area (Å²) < 4.78 is 12.1. The molecule has 0 radical (unpaired) electrons. The molecule has 6 heteroatoms. The fraction of sp³-hybridized carbons (Fsp3) is 0.533. The zero-order valence-electron chi connectivity index (χ0n) is 12.3. The number of thiazole rings is 1. The van der Waals surface area contributed by atoms with Gasteiger partial charge in [0, 0.05) is 26.2 Å². The minimum absolute atomic E-state index is 0.663. The summed E-state index contributed by atoms with van der Waals surface area (Å²) in [6.07, 6.45) is 0. The maximum absolute atomic E-state index is 5.63. The molecule has 114 valence electrons. The van der Waals surface area contributed by atoms with E-state index in [1.165, 1.54) is 0 Å². The highest BCUT2D eigenvalue weighted by molar-refractivity contribution is 7.22. The summed E-state index contributed by atoms with van der Waals surface area (Å²) in [5.74, 6) is 0.868. The first-order valence-corrected chi connectivity index (χ1v) is 8.25. The number of nitrogens with zero attached hydrogens (tertiary/aromatic N) is 2. The number of morpholine rings is 1. The van der Waals surface area contributed by atoms with Crippen LogP contribution >= 0.6 is 11.3 Å². The number of nitrogens with one attached hydrogen (secondary N) is 1. The average Bonchev–Trinajstić information content (AvgIpc) is 2.93. The Balaban J connectivity index is 1.60. The van der Waals surface area contributed by atoms with E-state index in [-0.39, 0.29) is 0 Å². The summed E-state index contributed by atoms with van der Waals surface area (Å²) in [7, 11) is 0. The molecule has 0 bridgehead atoms. The van der Waals surface area contributed by atoms with Crippen molar-refractivity contribution in [1.82, 2.24) is 9.88 Å². The minimum Gasteiger partial charge on any atom is -0.492 e. The SMILES string of the molecule is CCOc1cccc2sc(NCCN3CCOCC3)nc12. The Morgan fingerprint density at radius 2 is 2.24 bits per heavy atom. The van der Waals surface area contributed by atoms with E-state index < -0.39 is 0 Å². The molecule has 21 heavy (non-hydrogen) atoms. The maximum Gasteiger partial charge on any atom is 0.183 e. The summed E-state index contributed by atoms with van der Waals surface area (Å²) in [5, 5.41) is 4.38. The molecule has 0 unspecified atom stereocenters. The molecule has 1 N–H and O–H groups in total. The zero-order chi connectivity index (χ0) is 14.5. The third-order valence-electron chi connectivity index (χ3n) is 3.49. The van der Waals surface area contributed by atoms with E-state index in [1.807, 2.05) is 19.1 Å². The number of benzene rings is 1. The summed E-state index contributed by atoms with van der Waals surface area (Å²) >= 11 is 1.68. The second-order valence-electron chi connectivity index (χ2n) is 4.94. The Bertz CT molecular complexity index is 581. The van der Waals surface area contributed by atoms with Crippen LogP contribution in [-0.4, -0.2) is 55.9 Å². The van der Waals surface area contributed by atoms with Gasteiger partial charge in [-0.1, -0.05) is 17.4 Å². The molecule has 3 rings (SSSR count). The van der Waals surface area contributed by atoms with Gasteiger partial charge in [-0.15, -0.1) is 0 Å². The predicted molar refractivity (Wildman–Crippen MR) is 86.5 cm³/mol. The van der Waals surface area contributed by atoms with Crippen molar-refractivity contribution in [2.75, 3.05) is 51.3 Å². The molecule has 0 saturated carbocycles. The lowest BCUT2D eigenvalue weighted by Crippen LogP contribution is -2.38. The summed E-state index contributed by atoms with van der Waals surface area (Å²) in [5.41, 5.74) is 0.957. The van der Waals surface area contributed by atoms with E-state index in [1.54, 1.807) is 11.3 Å². The first-order valence-electron chi connectivity index (χ1n) is 7.43. The number of ether oxygens (including phenoxy) is 2. The first-order chi connectivity index (χ1) is 10.4. The van der Waals surface area contributed by atoms with Gasteiger partial charge in [0.25, 0.3) is 0 Å². The third-order valence-corrected chi connectivity index (χ3v) is 4.47. The molecule has 0 amide bonds. The number of anilines is 1. The van der Waals surface area contributed by atoms with Gasteiger partial charge in [0.05, 0.1) is 24.5 Å². The Morgan fingerprint density at radius 3 is 3.05 bits per heavy atom. The molecular formula is C15H21N3O2S. The van der Waals surface area contributed by atoms with Crippen LogP contribution < -0.4 is 10.1 Å². The van der Waals surface area contributed by atoms with E-state index >= 15 is 0 Å². The molecule has 1 aromatic heterocycles. The molecule has 1 saturated heterocycles. The van der Waals surface area contributed by atoms with Crippen LogP contribution in [0.15, 0.2) is 18.2 Å². The zero-order valence-corrected chi connectivity index (χ0v) is 13.1. The fourth-order valence-corrected chi connectivity index (χ4v) is 3.33. The summed E-state index contributed by atoms with van der Waals surface area (Å²) in [6.45, 7) is 8.33. The minimum atomic E-state index is 0.663. The van der Waals surface area contributed by atoms with Gasteiger partial charge in [-0.25, -0.2) is 4.98 Å². The maximum atomic E-state index is 5.63. The molecule has 0 atom stereocenters. The molecule has 1 aromatic carbocycles. The van der Waals surface area contributed by atoms with E-state index in [2.05, 4.69) is 21.3 Å². The summed E-state index contributed by atoms with van der Waals surface area (Å²) in [6, 6.07) is 6.08. The van der Waals surface area contributed by atoms with Gasteiger partial charge in [-0.2, -0.15) is 0 Å². The van der Waals surface area contributed by atoms with Crippen LogP contribution in [0.1, 0.15) is 6.92 Å². The average molecular weight is 307 g/mol. The van der Waals surface area contributed by atoms with Crippen molar-refractivity contribution in [2.45, 2.75) is 6.92 Å². The largest absolute Gasteiger partial charge is 0.492 e. The van der Waals surface area contributed by atoms with Crippen LogP contribution in [0.25, 0.3) is 10.2 Å². The Morgan fingerprint density at radius 1 is 1.38 bits per heavy atom. The molecular weight excluding hydrogens is 286 g/mol. The quantitative estimate of drug-likeness (QED) is 0.888. The normalized spacial score (nSPS) is 16.2. The van der Waals surface area contributed by atoms with Crippen LogP contribution in [0.4, 0.5) is 5.13 Å². The van der Waals surface area contributed by atoms with E-state index in [4.69, 9.17) is 9.47 Å². The van der Waals surface area contributed by atoms with Gasteiger partial charge in [0.1, 0.15) is 11.3 Å². The van der Waals surface area contributed by atoms with Crippen molar-refractivity contribution in [3.63, 3.8) is 0 Å². The van der Waals surface area contributed by atoms with Gasteiger partial charge in [0.2, 0.25) is 0 Å². The van der Waals surface area contributed by atoms with Crippen LogP contribution in [-0.2, 0) is 4.74 Å². The topological polar surface area (TPSA) is 46.6 Å². The van der Waals surface area contributed by atoms with Crippen molar-refractivity contribution >= 4 is 26.7 Å². The fourth-order valence-electron chi connectivity index (χ4n) is 2.42. The highest BCUT2D eigenvalue weighted by Gasteiger charge is 2.11. The van der Waals surface area contributed by atoms with Crippen LogP contribution in [0, 0.1) is 0 Å². The van der Waals surface area contributed by atoms with E-state index in [0.29, 0.717) is 6.61 Å². The highest BCUT2D eigenvalue weighted by Crippen LogP contribution is 2.32. The number of hydrogen-bond acceptors (Lipinski definition) is 6. The molecule has 1 aliphatic rings. The molecule has 2 heterocycles. The lowest BCUT2D eigenvalue weighted by atomic mass is 10.3. The standard InChI is InChI=1S/C15H21N3O2S/c1-2-20-12-4-3-5-13-14(12)17-15(21-13)16-6-7-18-8-10-19-11-9-18/h3-5H,2,6-11H2,1H3,(H,16,17). The molecule has 5 nitrogen and oxygen atoms in total. The molecule has 1 aliphatic heterocycles. The second-order valence-corrected chi connectivity index (χ2v) is 5.97. The van der Waals surface area contributed by atoms with Crippen LogP contribution in [0.2, 0.25) is 0 Å². The van der Waals surface area contributed by atoms with Gasteiger partial charge in [0.15, 0.2) is 5.13 Å². The second kappa shape index (κ2) is 7.06. The smallest absolute Gasteiger partial charge is 0.183 e. The van der Waals surface area contributed by atoms with Crippen molar-refractivity contribution in [2.24, 2.45) is 0 Å². The van der Waals surface area contributed by atoms with Crippen LogP contribution in [0.3, 0.4) is 0 Å². The Kier molecular flexibility index (Phi) is 4.90. The number of aromatic nitrogens is 1. The molecule has 1 fully saturated rings.